The van der Waals surface area contributed by atoms with Gasteiger partial charge in [0.05, 0.1) is 12.0 Å². The third kappa shape index (κ3) is 1.56. The van der Waals surface area contributed by atoms with Gasteiger partial charge in [0, 0.05) is 6.42 Å². The van der Waals surface area contributed by atoms with Crippen molar-refractivity contribution >= 4 is 5.97 Å². The molecule has 1 fully saturated rings. The molecule has 0 aliphatic carbocycles. The number of carbonyl (C=O) groups excluding carboxylic acids is 1. The van der Waals surface area contributed by atoms with E-state index in [1.165, 1.54) is 0 Å². The van der Waals surface area contributed by atoms with Crippen LogP contribution in [0.15, 0.2) is 43.0 Å². The third-order valence-electron chi connectivity index (χ3n) is 2.97. The lowest BCUT2D eigenvalue weighted by molar-refractivity contribution is -0.142. The summed E-state index contributed by atoms with van der Waals surface area (Å²) in [6, 6.07) is 9.81. The van der Waals surface area contributed by atoms with Crippen LogP contribution >= 0.6 is 0 Å². The molecule has 1 aliphatic heterocycles. The van der Waals surface area contributed by atoms with Crippen LogP contribution < -0.4 is 0 Å². The van der Waals surface area contributed by atoms with Crippen molar-refractivity contribution in [2.24, 2.45) is 0 Å². The van der Waals surface area contributed by atoms with Crippen molar-refractivity contribution in [2.75, 3.05) is 6.61 Å². The summed E-state index contributed by atoms with van der Waals surface area (Å²) in [5.41, 5.74) is 0.552. The summed E-state index contributed by atoms with van der Waals surface area (Å²) in [5, 5.41) is 0. The van der Waals surface area contributed by atoms with E-state index < -0.39 is 5.41 Å². The second-order valence-corrected chi connectivity index (χ2v) is 3.83. The highest BCUT2D eigenvalue weighted by molar-refractivity contribution is 5.85. The molecule has 0 spiro atoms. The lowest BCUT2D eigenvalue weighted by Crippen LogP contribution is -2.30. The highest BCUT2D eigenvalue weighted by Gasteiger charge is 2.44. The zero-order valence-corrected chi connectivity index (χ0v) is 8.61. The average Bonchev–Trinajstić information content (AvgIpc) is 2.63. The van der Waals surface area contributed by atoms with Gasteiger partial charge in [-0.2, -0.15) is 0 Å². The quantitative estimate of drug-likeness (QED) is 0.556. The molecule has 1 aromatic carbocycles. The predicted molar refractivity (Wildman–Crippen MR) is 58.5 cm³/mol. The van der Waals surface area contributed by atoms with Gasteiger partial charge in [-0.15, -0.1) is 6.58 Å². The molecule has 1 aliphatic rings. The van der Waals surface area contributed by atoms with Gasteiger partial charge in [0.1, 0.15) is 0 Å². The zero-order valence-electron chi connectivity index (χ0n) is 8.61. The van der Waals surface area contributed by atoms with Gasteiger partial charge in [0.2, 0.25) is 0 Å². The predicted octanol–water partition coefficient (Wildman–Crippen LogP) is 2.45. The molecule has 78 valence electrons. The van der Waals surface area contributed by atoms with E-state index in [0.29, 0.717) is 13.0 Å². The highest BCUT2D eigenvalue weighted by atomic mass is 16.5. The first-order valence-electron chi connectivity index (χ1n) is 5.13. The van der Waals surface area contributed by atoms with Crippen LogP contribution in [0.25, 0.3) is 0 Å². The number of hydrogen-bond acceptors (Lipinski definition) is 2. The Bertz CT molecular complexity index is 369. The van der Waals surface area contributed by atoms with Crippen LogP contribution in [0.3, 0.4) is 0 Å². The minimum absolute atomic E-state index is 0.117. The monoisotopic (exact) mass is 202 g/mol. The van der Waals surface area contributed by atoms with E-state index in [1.54, 1.807) is 6.08 Å². The van der Waals surface area contributed by atoms with Crippen molar-refractivity contribution in [3.63, 3.8) is 0 Å². The summed E-state index contributed by atoms with van der Waals surface area (Å²) in [6.07, 6.45) is 3.19. The molecular weight excluding hydrogens is 188 g/mol. The van der Waals surface area contributed by atoms with Gasteiger partial charge in [0.25, 0.3) is 0 Å². The summed E-state index contributed by atoms with van der Waals surface area (Å²) < 4.78 is 5.09. The van der Waals surface area contributed by atoms with Crippen LogP contribution in [0.4, 0.5) is 0 Å². The summed E-state index contributed by atoms with van der Waals surface area (Å²) in [4.78, 5) is 11.8. The van der Waals surface area contributed by atoms with Crippen LogP contribution in [0.2, 0.25) is 0 Å². The van der Waals surface area contributed by atoms with Gasteiger partial charge in [-0.05, 0) is 12.0 Å². The molecule has 0 N–H and O–H groups in total. The fourth-order valence-corrected chi connectivity index (χ4v) is 2.13. The van der Waals surface area contributed by atoms with E-state index in [4.69, 9.17) is 4.74 Å². The van der Waals surface area contributed by atoms with Gasteiger partial charge in [0.15, 0.2) is 0 Å². The minimum Gasteiger partial charge on any atom is -0.465 e. The van der Waals surface area contributed by atoms with Crippen molar-refractivity contribution in [1.29, 1.82) is 0 Å². The van der Waals surface area contributed by atoms with Gasteiger partial charge in [-0.25, -0.2) is 0 Å². The van der Waals surface area contributed by atoms with Crippen molar-refractivity contribution in [1.82, 2.24) is 0 Å². The number of carbonyl (C=O) groups is 1. The van der Waals surface area contributed by atoms with E-state index in [1.807, 2.05) is 30.3 Å². The third-order valence-corrected chi connectivity index (χ3v) is 2.97. The Hall–Kier alpha value is -1.57. The molecule has 1 aromatic rings. The Labute approximate surface area is 89.6 Å². The van der Waals surface area contributed by atoms with Crippen molar-refractivity contribution < 1.29 is 9.53 Å². The summed E-state index contributed by atoms with van der Waals surface area (Å²) in [5.74, 6) is -0.117. The molecule has 15 heavy (non-hydrogen) atoms. The molecule has 1 unspecified atom stereocenters. The first-order valence-corrected chi connectivity index (χ1v) is 5.13. The largest absolute Gasteiger partial charge is 0.465 e. The molecule has 1 atom stereocenters. The second-order valence-electron chi connectivity index (χ2n) is 3.83. The van der Waals surface area contributed by atoms with Crippen LogP contribution in [0.1, 0.15) is 18.4 Å². The Balaban J connectivity index is 2.43. The number of hydrogen-bond donors (Lipinski definition) is 0. The van der Waals surface area contributed by atoms with E-state index in [-0.39, 0.29) is 5.97 Å². The molecule has 2 heteroatoms. The first-order chi connectivity index (χ1) is 7.29. The SMILES string of the molecule is C=CCC1(c2ccccc2)CCOC1=O. The fourth-order valence-electron chi connectivity index (χ4n) is 2.13. The zero-order chi connectivity index (χ0) is 10.7. The molecule has 0 bridgehead atoms. The number of esters is 1. The Kier molecular flexibility index (Phi) is 2.58. The topological polar surface area (TPSA) is 26.3 Å². The number of ether oxygens (including phenoxy) is 1. The minimum atomic E-state index is -0.483. The standard InChI is InChI=1S/C13H14O2/c1-2-8-13(9-10-15-12(13)14)11-6-4-3-5-7-11/h2-7H,1,8-10H2. The van der Waals surface area contributed by atoms with Crippen LogP contribution in [-0.4, -0.2) is 12.6 Å². The summed E-state index contributed by atoms with van der Waals surface area (Å²) in [6.45, 7) is 4.24. The normalized spacial score (nSPS) is 24.9. The van der Waals surface area contributed by atoms with Crippen molar-refractivity contribution in [2.45, 2.75) is 18.3 Å². The molecule has 0 radical (unpaired) electrons. The fraction of sp³-hybridized carbons (Fsp3) is 0.308. The average molecular weight is 202 g/mol. The Morgan fingerprint density at radius 2 is 2.13 bits per heavy atom. The van der Waals surface area contributed by atoms with Crippen molar-refractivity contribution in [3.8, 4) is 0 Å². The summed E-state index contributed by atoms with van der Waals surface area (Å²) in [7, 11) is 0. The first kappa shape index (κ1) is 9.97. The van der Waals surface area contributed by atoms with Crippen LogP contribution in [0, 0.1) is 0 Å². The van der Waals surface area contributed by atoms with Gasteiger partial charge < -0.3 is 4.74 Å². The van der Waals surface area contributed by atoms with Gasteiger partial charge in [-0.3, -0.25) is 4.79 Å². The van der Waals surface area contributed by atoms with E-state index in [2.05, 4.69) is 6.58 Å². The van der Waals surface area contributed by atoms with E-state index >= 15 is 0 Å². The lowest BCUT2D eigenvalue weighted by atomic mass is 9.76. The number of rotatable bonds is 3. The summed E-state index contributed by atoms with van der Waals surface area (Å²) >= 11 is 0. The molecule has 2 nitrogen and oxygen atoms in total. The Morgan fingerprint density at radius 3 is 2.67 bits per heavy atom. The molecular formula is C13H14O2. The molecule has 1 saturated heterocycles. The number of allylic oxidation sites excluding steroid dienone is 1. The smallest absolute Gasteiger partial charge is 0.317 e. The molecule has 0 aromatic heterocycles. The van der Waals surface area contributed by atoms with Gasteiger partial charge >= 0.3 is 5.97 Å². The van der Waals surface area contributed by atoms with Crippen LogP contribution in [0.5, 0.6) is 0 Å². The van der Waals surface area contributed by atoms with Gasteiger partial charge in [-0.1, -0.05) is 36.4 Å². The Morgan fingerprint density at radius 1 is 1.40 bits per heavy atom. The maximum atomic E-state index is 11.8. The number of cyclic esters (lactones) is 1. The lowest BCUT2D eigenvalue weighted by Gasteiger charge is -2.23. The maximum Gasteiger partial charge on any atom is 0.317 e. The highest BCUT2D eigenvalue weighted by Crippen LogP contribution is 2.37. The number of benzene rings is 1. The molecule has 1 heterocycles. The second kappa shape index (κ2) is 3.89. The van der Waals surface area contributed by atoms with E-state index in [0.717, 1.165) is 12.0 Å². The van der Waals surface area contributed by atoms with Crippen LogP contribution in [-0.2, 0) is 14.9 Å². The molecule has 0 amide bonds. The molecule has 2 rings (SSSR count). The molecule has 0 saturated carbocycles. The maximum absolute atomic E-state index is 11.8. The van der Waals surface area contributed by atoms with E-state index in [9.17, 15) is 4.79 Å². The van der Waals surface area contributed by atoms with Crippen molar-refractivity contribution in [3.05, 3.63) is 48.6 Å².